The molecule has 1 saturated heterocycles. The van der Waals surface area contributed by atoms with Crippen LogP contribution in [0.2, 0.25) is 0 Å². The first-order valence-corrected chi connectivity index (χ1v) is 3.73. The van der Waals surface area contributed by atoms with Crippen molar-refractivity contribution in [3.8, 4) is 0 Å². The molecule has 1 heterocycles. The number of rotatable bonds is 3. The Morgan fingerprint density at radius 3 is 3.09 bits per heavy atom. The highest BCUT2D eigenvalue weighted by Gasteiger charge is 2.24. The first-order chi connectivity index (χ1) is 5.34. The molecule has 0 aliphatic carbocycles. The minimum absolute atomic E-state index is 0.0681. The maximum atomic E-state index is 10.9. The van der Waals surface area contributed by atoms with E-state index in [2.05, 4.69) is 4.74 Å². The molecule has 1 N–H and O–H groups in total. The third-order valence-corrected chi connectivity index (χ3v) is 1.53. The molecular formula is C7H12O4. The van der Waals surface area contributed by atoms with Gasteiger partial charge in [-0.25, -0.2) is 4.79 Å². The third-order valence-electron chi connectivity index (χ3n) is 1.53. The molecular weight excluding hydrogens is 148 g/mol. The molecule has 0 aromatic carbocycles. The summed E-state index contributed by atoms with van der Waals surface area (Å²) in [6.07, 6.45) is 1.27. The number of hydrogen-bond acceptors (Lipinski definition) is 4. The lowest BCUT2D eigenvalue weighted by atomic mass is 10.2. The van der Waals surface area contributed by atoms with Gasteiger partial charge in [-0.3, -0.25) is 0 Å². The summed E-state index contributed by atoms with van der Waals surface area (Å²) in [5, 5.41) is 8.34. The van der Waals surface area contributed by atoms with Crippen molar-refractivity contribution in [2.24, 2.45) is 0 Å². The maximum absolute atomic E-state index is 10.9. The van der Waals surface area contributed by atoms with Crippen molar-refractivity contribution in [3.63, 3.8) is 0 Å². The quantitative estimate of drug-likeness (QED) is 0.576. The summed E-state index contributed by atoms with van der Waals surface area (Å²) >= 11 is 0. The minimum atomic E-state index is -0.387. The van der Waals surface area contributed by atoms with Crippen molar-refractivity contribution in [3.05, 3.63) is 0 Å². The Kier molecular flexibility index (Phi) is 3.32. The average Bonchev–Trinajstić information content (AvgIpc) is 2.52. The molecule has 11 heavy (non-hydrogen) atoms. The topological polar surface area (TPSA) is 55.8 Å². The van der Waals surface area contributed by atoms with Crippen molar-refractivity contribution in [2.45, 2.75) is 18.9 Å². The molecule has 0 spiro atoms. The fourth-order valence-electron chi connectivity index (χ4n) is 1.00. The molecule has 0 aromatic heterocycles. The van der Waals surface area contributed by atoms with Crippen LogP contribution in [-0.4, -0.2) is 37.0 Å². The molecule has 4 heteroatoms. The van der Waals surface area contributed by atoms with Crippen molar-refractivity contribution in [1.82, 2.24) is 0 Å². The summed E-state index contributed by atoms with van der Waals surface area (Å²) in [4.78, 5) is 10.9. The first-order valence-electron chi connectivity index (χ1n) is 3.73. The molecule has 1 aliphatic heterocycles. The number of ether oxygens (including phenoxy) is 2. The lowest BCUT2D eigenvalue weighted by Crippen LogP contribution is -2.23. The predicted octanol–water partition coefficient (Wildman–Crippen LogP) is -0.299. The van der Waals surface area contributed by atoms with E-state index in [-0.39, 0.29) is 25.3 Å². The van der Waals surface area contributed by atoms with Gasteiger partial charge >= 0.3 is 5.97 Å². The summed E-state index contributed by atoms with van der Waals surface area (Å²) in [6.45, 7) is 0.579. The summed E-state index contributed by atoms with van der Waals surface area (Å²) < 4.78 is 9.72. The van der Waals surface area contributed by atoms with Gasteiger partial charge in [-0.05, 0) is 12.8 Å². The van der Waals surface area contributed by atoms with Crippen LogP contribution in [0.1, 0.15) is 12.8 Å². The van der Waals surface area contributed by atoms with E-state index < -0.39 is 0 Å². The fourth-order valence-corrected chi connectivity index (χ4v) is 1.00. The molecule has 1 aliphatic rings. The van der Waals surface area contributed by atoms with Gasteiger partial charge in [-0.2, -0.15) is 0 Å². The molecule has 4 nitrogen and oxygen atoms in total. The van der Waals surface area contributed by atoms with Gasteiger partial charge < -0.3 is 14.6 Å². The summed E-state index contributed by atoms with van der Waals surface area (Å²) in [6, 6.07) is 0. The van der Waals surface area contributed by atoms with E-state index in [1.807, 2.05) is 0 Å². The number of carbonyl (C=O) groups is 1. The molecule has 1 atom stereocenters. The lowest BCUT2D eigenvalue weighted by Gasteiger charge is -2.07. The van der Waals surface area contributed by atoms with E-state index in [0.29, 0.717) is 6.61 Å². The second-order valence-corrected chi connectivity index (χ2v) is 2.39. The van der Waals surface area contributed by atoms with E-state index in [9.17, 15) is 4.79 Å². The van der Waals surface area contributed by atoms with E-state index in [4.69, 9.17) is 9.84 Å². The summed E-state index contributed by atoms with van der Waals surface area (Å²) in [5.41, 5.74) is 0. The molecule has 1 rings (SSSR count). The molecule has 64 valence electrons. The Bertz CT molecular complexity index is 128. The Hall–Kier alpha value is -0.610. The van der Waals surface area contributed by atoms with Crippen LogP contribution in [-0.2, 0) is 14.3 Å². The number of aliphatic hydroxyl groups is 1. The Labute approximate surface area is 65.1 Å². The zero-order chi connectivity index (χ0) is 8.10. The first kappa shape index (κ1) is 8.49. The minimum Gasteiger partial charge on any atom is -0.461 e. The van der Waals surface area contributed by atoms with Crippen LogP contribution in [0.5, 0.6) is 0 Å². The van der Waals surface area contributed by atoms with Gasteiger partial charge in [0.25, 0.3) is 0 Å². The van der Waals surface area contributed by atoms with Gasteiger partial charge in [0.15, 0.2) is 6.10 Å². The van der Waals surface area contributed by atoms with Gasteiger partial charge in [0.1, 0.15) is 6.61 Å². The van der Waals surface area contributed by atoms with Gasteiger partial charge in [0.05, 0.1) is 6.61 Å². The fraction of sp³-hybridized carbons (Fsp3) is 0.857. The van der Waals surface area contributed by atoms with Crippen LogP contribution < -0.4 is 0 Å². The van der Waals surface area contributed by atoms with E-state index in [0.717, 1.165) is 12.8 Å². The summed E-state index contributed by atoms with van der Waals surface area (Å²) in [5.74, 6) is -0.350. The van der Waals surface area contributed by atoms with Crippen LogP contribution in [0.25, 0.3) is 0 Å². The Morgan fingerprint density at radius 1 is 1.73 bits per heavy atom. The number of esters is 1. The lowest BCUT2D eigenvalue weighted by molar-refractivity contribution is -0.155. The molecule has 0 saturated carbocycles. The molecule has 1 unspecified atom stereocenters. The van der Waals surface area contributed by atoms with E-state index in [1.54, 1.807) is 0 Å². The highest BCUT2D eigenvalue weighted by atomic mass is 16.6. The second-order valence-electron chi connectivity index (χ2n) is 2.39. The number of carbonyl (C=O) groups excluding carboxylic acids is 1. The van der Waals surface area contributed by atoms with Crippen molar-refractivity contribution >= 4 is 5.97 Å². The highest BCUT2D eigenvalue weighted by molar-refractivity contribution is 5.74. The smallest absolute Gasteiger partial charge is 0.335 e. The van der Waals surface area contributed by atoms with E-state index in [1.165, 1.54) is 0 Å². The van der Waals surface area contributed by atoms with Crippen LogP contribution >= 0.6 is 0 Å². The molecule has 0 aromatic rings. The SMILES string of the molecule is O=C(OCCO)C1CCCO1. The molecule has 1 fully saturated rings. The molecule has 0 radical (unpaired) electrons. The van der Waals surface area contributed by atoms with E-state index >= 15 is 0 Å². The maximum Gasteiger partial charge on any atom is 0.335 e. The van der Waals surface area contributed by atoms with Gasteiger partial charge in [0.2, 0.25) is 0 Å². The second kappa shape index (κ2) is 4.31. The Balaban J connectivity index is 2.17. The van der Waals surface area contributed by atoms with Gasteiger partial charge in [0, 0.05) is 6.61 Å². The zero-order valence-corrected chi connectivity index (χ0v) is 6.28. The van der Waals surface area contributed by atoms with Crippen molar-refractivity contribution < 1.29 is 19.4 Å². The predicted molar refractivity (Wildman–Crippen MR) is 37.0 cm³/mol. The summed E-state index contributed by atoms with van der Waals surface area (Å²) in [7, 11) is 0. The van der Waals surface area contributed by atoms with Gasteiger partial charge in [-0.15, -0.1) is 0 Å². The van der Waals surface area contributed by atoms with Crippen LogP contribution in [0.3, 0.4) is 0 Å². The molecule has 0 amide bonds. The molecule has 0 bridgehead atoms. The normalized spacial score (nSPS) is 23.5. The van der Waals surface area contributed by atoms with Crippen molar-refractivity contribution in [1.29, 1.82) is 0 Å². The zero-order valence-electron chi connectivity index (χ0n) is 6.28. The third kappa shape index (κ3) is 2.48. The number of hydrogen-bond donors (Lipinski definition) is 1. The van der Waals surface area contributed by atoms with Crippen LogP contribution in [0.4, 0.5) is 0 Å². The van der Waals surface area contributed by atoms with Crippen molar-refractivity contribution in [2.75, 3.05) is 19.8 Å². The monoisotopic (exact) mass is 160 g/mol. The van der Waals surface area contributed by atoms with Crippen LogP contribution in [0.15, 0.2) is 0 Å². The Morgan fingerprint density at radius 2 is 2.55 bits per heavy atom. The number of aliphatic hydroxyl groups excluding tert-OH is 1. The van der Waals surface area contributed by atoms with Crippen LogP contribution in [0, 0.1) is 0 Å². The van der Waals surface area contributed by atoms with Gasteiger partial charge in [-0.1, -0.05) is 0 Å². The highest BCUT2D eigenvalue weighted by Crippen LogP contribution is 2.12. The largest absolute Gasteiger partial charge is 0.461 e. The standard InChI is InChI=1S/C7H12O4/c8-3-5-11-7(9)6-2-1-4-10-6/h6,8H,1-5H2. The average molecular weight is 160 g/mol.